The highest BCUT2D eigenvalue weighted by molar-refractivity contribution is 6.33. The second kappa shape index (κ2) is 5.40. The molecule has 0 fully saturated rings. The summed E-state index contributed by atoms with van der Waals surface area (Å²) in [4.78, 5) is 10.7. The first kappa shape index (κ1) is 15.2. The van der Waals surface area contributed by atoms with Gasteiger partial charge in [0.15, 0.2) is 0 Å². The third-order valence-electron chi connectivity index (χ3n) is 2.19. The third kappa shape index (κ3) is 3.54. The minimum absolute atomic E-state index is 0.0780. The van der Waals surface area contributed by atoms with Gasteiger partial charge in [0.1, 0.15) is 0 Å². The quantitative estimate of drug-likeness (QED) is 0.511. The standard InChI is InChI=1S/C11H9ClF3NO3/c1-19-8(10(17)18)4-5-2-6(11(13,14)15)9(16)7(12)3-5/h2-4H,16H2,1H3,(H,17,18)/b8-4+. The Kier molecular flexibility index (Phi) is 4.31. The van der Waals surface area contributed by atoms with Gasteiger partial charge in [0.25, 0.3) is 0 Å². The fourth-order valence-electron chi connectivity index (χ4n) is 1.32. The first-order valence-electron chi connectivity index (χ1n) is 4.82. The number of methoxy groups -OCH3 is 1. The monoisotopic (exact) mass is 295 g/mol. The third-order valence-corrected chi connectivity index (χ3v) is 2.50. The lowest BCUT2D eigenvalue weighted by Crippen LogP contribution is -2.10. The van der Waals surface area contributed by atoms with E-state index in [1.54, 1.807) is 0 Å². The summed E-state index contributed by atoms with van der Waals surface area (Å²) in [7, 11) is 1.09. The summed E-state index contributed by atoms with van der Waals surface area (Å²) in [5, 5.41) is 8.40. The summed E-state index contributed by atoms with van der Waals surface area (Å²) in [5.41, 5.74) is 3.42. The lowest BCUT2D eigenvalue weighted by atomic mass is 10.1. The van der Waals surface area contributed by atoms with Crippen LogP contribution in [0, 0.1) is 0 Å². The van der Waals surface area contributed by atoms with Crippen molar-refractivity contribution in [3.8, 4) is 0 Å². The van der Waals surface area contributed by atoms with E-state index in [9.17, 15) is 18.0 Å². The number of anilines is 1. The van der Waals surface area contributed by atoms with Crippen LogP contribution in [0.15, 0.2) is 17.9 Å². The summed E-state index contributed by atoms with van der Waals surface area (Å²) in [5.74, 6) is -1.93. The van der Waals surface area contributed by atoms with Crippen molar-refractivity contribution < 1.29 is 27.8 Å². The van der Waals surface area contributed by atoms with Crippen molar-refractivity contribution in [3.05, 3.63) is 34.0 Å². The number of carboxylic acid groups (broad SMARTS) is 1. The minimum Gasteiger partial charge on any atom is -0.490 e. The molecule has 0 aliphatic heterocycles. The summed E-state index contributed by atoms with van der Waals surface area (Å²) in [6, 6.07) is 1.82. The number of hydrogen-bond acceptors (Lipinski definition) is 3. The number of benzene rings is 1. The number of halogens is 4. The molecule has 0 unspecified atom stereocenters. The first-order chi connectivity index (χ1) is 8.66. The molecule has 1 aromatic carbocycles. The van der Waals surface area contributed by atoms with Crippen molar-refractivity contribution in [2.75, 3.05) is 12.8 Å². The van der Waals surface area contributed by atoms with Gasteiger partial charge < -0.3 is 15.6 Å². The Morgan fingerprint density at radius 3 is 2.47 bits per heavy atom. The number of carbonyl (C=O) groups is 1. The Balaban J connectivity index is 3.40. The number of nitrogens with two attached hydrogens (primary N) is 1. The van der Waals surface area contributed by atoms with Crippen molar-refractivity contribution in [1.29, 1.82) is 0 Å². The van der Waals surface area contributed by atoms with E-state index in [1.807, 2.05) is 0 Å². The molecule has 4 nitrogen and oxygen atoms in total. The lowest BCUT2D eigenvalue weighted by molar-refractivity contribution is -0.137. The predicted octanol–water partition coefficient (Wildman–Crippen LogP) is 3.01. The molecule has 19 heavy (non-hydrogen) atoms. The van der Waals surface area contributed by atoms with E-state index in [2.05, 4.69) is 4.74 Å². The van der Waals surface area contributed by atoms with Crippen LogP contribution in [0.25, 0.3) is 6.08 Å². The molecule has 0 atom stereocenters. The molecule has 1 rings (SSSR count). The molecule has 0 heterocycles. The normalized spacial score (nSPS) is 12.4. The Morgan fingerprint density at radius 1 is 1.47 bits per heavy atom. The number of nitrogen functional groups attached to an aromatic ring is 1. The van der Waals surface area contributed by atoms with Crippen LogP contribution in [0.2, 0.25) is 5.02 Å². The topological polar surface area (TPSA) is 72.5 Å². The zero-order valence-corrected chi connectivity index (χ0v) is 10.3. The lowest BCUT2D eigenvalue weighted by Gasteiger charge is -2.12. The highest BCUT2D eigenvalue weighted by atomic mass is 35.5. The van der Waals surface area contributed by atoms with Crippen LogP contribution in [-0.4, -0.2) is 18.2 Å². The molecule has 8 heteroatoms. The molecule has 0 aliphatic rings. The van der Waals surface area contributed by atoms with Crippen LogP contribution in [-0.2, 0) is 15.7 Å². The number of aliphatic carboxylic acids is 1. The molecule has 0 amide bonds. The van der Waals surface area contributed by atoms with Gasteiger partial charge in [-0.3, -0.25) is 0 Å². The van der Waals surface area contributed by atoms with Crippen LogP contribution >= 0.6 is 11.6 Å². The number of hydrogen-bond donors (Lipinski definition) is 2. The fourth-order valence-corrected chi connectivity index (χ4v) is 1.54. The number of ether oxygens (including phenoxy) is 1. The summed E-state index contributed by atoms with van der Waals surface area (Å²) < 4.78 is 42.6. The van der Waals surface area contributed by atoms with Gasteiger partial charge in [-0.1, -0.05) is 11.6 Å². The van der Waals surface area contributed by atoms with Gasteiger partial charge in [0, 0.05) is 0 Å². The molecule has 0 radical (unpaired) electrons. The fraction of sp³-hybridized carbons (Fsp3) is 0.182. The van der Waals surface area contributed by atoms with Crippen molar-refractivity contribution in [1.82, 2.24) is 0 Å². The van der Waals surface area contributed by atoms with E-state index in [0.717, 1.165) is 19.3 Å². The SMILES string of the molecule is CO/C(=C/c1cc(Cl)c(N)c(C(F)(F)F)c1)C(=O)O. The Hall–Kier alpha value is -1.89. The van der Waals surface area contributed by atoms with E-state index >= 15 is 0 Å². The van der Waals surface area contributed by atoms with Gasteiger partial charge in [-0.15, -0.1) is 0 Å². The maximum atomic E-state index is 12.7. The molecule has 0 spiro atoms. The summed E-state index contributed by atoms with van der Waals surface area (Å²) in [6.07, 6.45) is -3.77. The molecule has 0 aromatic heterocycles. The highest BCUT2D eigenvalue weighted by Gasteiger charge is 2.34. The maximum Gasteiger partial charge on any atom is 0.418 e. The van der Waals surface area contributed by atoms with Crippen LogP contribution in [0.3, 0.4) is 0 Å². The zero-order chi connectivity index (χ0) is 14.8. The average molecular weight is 296 g/mol. The molecule has 0 saturated heterocycles. The molecule has 104 valence electrons. The molecule has 3 N–H and O–H groups in total. The Morgan fingerprint density at radius 2 is 2.05 bits per heavy atom. The summed E-state index contributed by atoms with van der Waals surface area (Å²) in [6.45, 7) is 0. The zero-order valence-electron chi connectivity index (χ0n) is 9.58. The predicted molar refractivity (Wildman–Crippen MR) is 63.5 cm³/mol. The largest absolute Gasteiger partial charge is 0.490 e. The van der Waals surface area contributed by atoms with E-state index in [4.69, 9.17) is 22.4 Å². The van der Waals surface area contributed by atoms with Crippen LogP contribution in [0.5, 0.6) is 0 Å². The molecule has 0 saturated carbocycles. The molecular formula is C11H9ClF3NO3. The second-order valence-corrected chi connectivity index (χ2v) is 3.89. The second-order valence-electron chi connectivity index (χ2n) is 3.48. The smallest absolute Gasteiger partial charge is 0.418 e. The molecular weight excluding hydrogens is 287 g/mol. The van der Waals surface area contributed by atoms with Gasteiger partial charge in [0.2, 0.25) is 5.76 Å². The van der Waals surface area contributed by atoms with E-state index in [-0.39, 0.29) is 10.6 Å². The number of carboxylic acids is 1. The van der Waals surface area contributed by atoms with Crippen LogP contribution in [0.4, 0.5) is 18.9 Å². The van der Waals surface area contributed by atoms with Gasteiger partial charge >= 0.3 is 12.1 Å². The molecule has 0 aliphatic carbocycles. The van der Waals surface area contributed by atoms with Crippen LogP contribution < -0.4 is 5.73 Å². The highest BCUT2D eigenvalue weighted by Crippen LogP contribution is 2.38. The van der Waals surface area contributed by atoms with Crippen molar-refractivity contribution in [2.24, 2.45) is 0 Å². The van der Waals surface area contributed by atoms with Crippen molar-refractivity contribution >= 4 is 29.3 Å². The Bertz CT molecular complexity index is 541. The first-order valence-corrected chi connectivity index (χ1v) is 5.19. The van der Waals surface area contributed by atoms with E-state index in [1.165, 1.54) is 0 Å². The Labute approximate surface area is 111 Å². The number of rotatable bonds is 3. The molecule has 1 aromatic rings. The number of alkyl halides is 3. The van der Waals surface area contributed by atoms with E-state index < -0.39 is 29.2 Å². The van der Waals surface area contributed by atoms with Gasteiger partial charge in [0.05, 0.1) is 23.4 Å². The van der Waals surface area contributed by atoms with Gasteiger partial charge in [-0.2, -0.15) is 13.2 Å². The van der Waals surface area contributed by atoms with Crippen molar-refractivity contribution in [3.63, 3.8) is 0 Å². The minimum atomic E-state index is -4.69. The van der Waals surface area contributed by atoms with Crippen molar-refractivity contribution in [2.45, 2.75) is 6.18 Å². The van der Waals surface area contributed by atoms with Gasteiger partial charge in [-0.25, -0.2) is 4.79 Å². The average Bonchev–Trinajstić information content (AvgIpc) is 2.28. The van der Waals surface area contributed by atoms with Crippen LogP contribution in [0.1, 0.15) is 11.1 Å². The maximum absolute atomic E-state index is 12.7. The van der Waals surface area contributed by atoms with Gasteiger partial charge in [-0.05, 0) is 23.8 Å². The molecule has 0 bridgehead atoms. The van der Waals surface area contributed by atoms with E-state index in [0.29, 0.717) is 6.07 Å². The summed E-state index contributed by atoms with van der Waals surface area (Å²) >= 11 is 5.59.